The van der Waals surface area contributed by atoms with Crippen molar-refractivity contribution in [3.63, 3.8) is 0 Å². The third kappa shape index (κ3) is 2.82. The van der Waals surface area contributed by atoms with E-state index < -0.39 is 0 Å². The Labute approximate surface area is 124 Å². The van der Waals surface area contributed by atoms with Gasteiger partial charge in [0.1, 0.15) is 5.82 Å². The highest BCUT2D eigenvalue weighted by molar-refractivity contribution is 6.13. The lowest BCUT2D eigenvalue weighted by Gasteiger charge is -2.22. The van der Waals surface area contributed by atoms with Gasteiger partial charge in [0.2, 0.25) is 0 Å². The largest absolute Gasteiger partial charge is 0.383 e. The first-order chi connectivity index (χ1) is 10.1. The molecule has 0 unspecified atom stereocenters. The summed E-state index contributed by atoms with van der Waals surface area (Å²) in [6.07, 6.45) is 11.7. The minimum atomic E-state index is 0.394. The average molecular weight is 283 g/mol. The molecule has 3 rings (SSSR count). The molecule has 1 fully saturated rings. The number of hydrogen-bond donors (Lipinski definition) is 2. The molecule has 2 aromatic rings. The molecule has 0 spiro atoms. The topological polar surface area (TPSA) is 80.6 Å². The number of rotatable bonds is 3. The van der Waals surface area contributed by atoms with Gasteiger partial charge in [0.15, 0.2) is 0 Å². The van der Waals surface area contributed by atoms with E-state index in [2.05, 4.69) is 10.1 Å². The molecule has 0 aromatic carbocycles. The van der Waals surface area contributed by atoms with Gasteiger partial charge in [-0.15, -0.1) is 0 Å². The van der Waals surface area contributed by atoms with E-state index >= 15 is 0 Å². The first-order valence-corrected chi connectivity index (χ1v) is 7.48. The van der Waals surface area contributed by atoms with Crippen LogP contribution in [0.3, 0.4) is 0 Å². The van der Waals surface area contributed by atoms with Gasteiger partial charge in [-0.2, -0.15) is 5.10 Å². The van der Waals surface area contributed by atoms with Crippen molar-refractivity contribution in [2.24, 2.45) is 7.05 Å². The van der Waals surface area contributed by atoms with E-state index in [1.54, 1.807) is 10.9 Å². The number of nitrogens with two attached hydrogens (primary N) is 1. The number of hydrogen-bond acceptors (Lipinski definition) is 4. The van der Waals surface area contributed by atoms with Gasteiger partial charge in [0, 0.05) is 30.6 Å². The van der Waals surface area contributed by atoms with Gasteiger partial charge in [-0.25, -0.2) is 4.98 Å². The number of nitrogen functional groups attached to an aromatic ring is 1. The number of nitrogens with zero attached hydrogens (tertiary/aromatic N) is 3. The molecule has 0 aliphatic heterocycles. The van der Waals surface area contributed by atoms with Crippen LogP contribution in [0.2, 0.25) is 0 Å². The van der Waals surface area contributed by atoms with Crippen LogP contribution in [0.4, 0.5) is 5.82 Å². The molecule has 21 heavy (non-hydrogen) atoms. The Bertz CT molecular complexity index is 652. The van der Waals surface area contributed by atoms with Crippen molar-refractivity contribution >= 4 is 11.5 Å². The maximum Gasteiger partial charge on any atom is 0.132 e. The molecule has 1 aliphatic carbocycles. The van der Waals surface area contributed by atoms with Crippen LogP contribution in [0.25, 0.3) is 0 Å². The first kappa shape index (κ1) is 13.8. The van der Waals surface area contributed by atoms with Crippen LogP contribution in [0.5, 0.6) is 0 Å². The molecule has 5 nitrogen and oxygen atoms in total. The highest BCUT2D eigenvalue weighted by Gasteiger charge is 2.19. The summed E-state index contributed by atoms with van der Waals surface area (Å²) in [7, 11) is 1.84. The molecular weight excluding hydrogens is 262 g/mol. The highest BCUT2D eigenvalue weighted by atomic mass is 15.2. The zero-order valence-electron chi connectivity index (χ0n) is 12.3. The molecule has 0 radical (unpaired) electrons. The lowest BCUT2D eigenvalue weighted by Crippen LogP contribution is -2.11. The van der Waals surface area contributed by atoms with Gasteiger partial charge >= 0.3 is 0 Å². The van der Waals surface area contributed by atoms with E-state index in [4.69, 9.17) is 11.1 Å². The van der Waals surface area contributed by atoms with Crippen molar-refractivity contribution in [2.75, 3.05) is 5.73 Å². The summed E-state index contributed by atoms with van der Waals surface area (Å²) < 4.78 is 1.69. The van der Waals surface area contributed by atoms with Gasteiger partial charge in [0.05, 0.1) is 11.9 Å². The Kier molecular flexibility index (Phi) is 3.73. The molecule has 0 amide bonds. The Morgan fingerprint density at radius 1 is 1.29 bits per heavy atom. The number of aryl methyl sites for hydroxylation is 1. The minimum absolute atomic E-state index is 0.394. The van der Waals surface area contributed by atoms with Crippen molar-refractivity contribution < 1.29 is 0 Å². The van der Waals surface area contributed by atoms with E-state index in [0.29, 0.717) is 23.0 Å². The van der Waals surface area contributed by atoms with Crippen LogP contribution in [0.1, 0.15) is 54.7 Å². The second kappa shape index (κ2) is 5.68. The fourth-order valence-corrected chi connectivity index (χ4v) is 3.06. The molecule has 5 heteroatoms. The van der Waals surface area contributed by atoms with E-state index in [1.165, 1.54) is 37.7 Å². The summed E-state index contributed by atoms with van der Waals surface area (Å²) in [5.41, 5.74) is 9.08. The van der Waals surface area contributed by atoms with Crippen LogP contribution in [0.15, 0.2) is 24.7 Å². The molecule has 0 saturated heterocycles. The maximum atomic E-state index is 8.36. The van der Waals surface area contributed by atoms with Crippen molar-refractivity contribution in [2.45, 2.75) is 38.0 Å². The molecule has 0 atom stereocenters. The lowest BCUT2D eigenvalue weighted by atomic mass is 9.84. The average Bonchev–Trinajstić information content (AvgIpc) is 2.94. The second-order valence-corrected chi connectivity index (χ2v) is 5.81. The standard InChI is InChI=1S/C16H21N5/c1-21-10-13(9-20-21)15(17)14-7-12(8-19-16(14)18)11-5-3-2-4-6-11/h7-11,17H,2-6H2,1H3,(H2,18,19). The lowest BCUT2D eigenvalue weighted by molar-refractivity contribution is 0.443. The smallest absolute Gasteiger partial charge is 0.132 e. The SMILES string of the molecule is Cn1cc(C(=N)c2cc(C3CCCCC3)cnc2N)cn1. The van der Waals surface area contributed by atoms with Gasteiger partial charge in [-0.1, -0.05) is 19.3 Å². The predicted molar refractivity (Wildman–Crippen MR) is 83.6 cm³/mol. The van der Waals surface area contributed by atoms with E-state index in [-0.39, 0.29) is 0 Å². The Hall–Kier alpha value is -2.17. The first-order valence-electron chi connectivity index (χ1n) is 7.48. The summed E-state index contributed by atoms with van der Waals surface area (Å²) in [6, 6.07) is 2.05. The summed E-state index contributed by atoms with van der Waals surface area (Å²) in [5.74, 6) is 0.982. The number of aromatic nitrogens is 3. The third-order valence-electron chi connectivity index (χ3n) is 4.28. The van der Waals surface area contributed by atoms with Gasteiger partial charge < -0.3 is 5.73 Å². The molecule has 2 heterocycles. The predicted octanol–water partition coefficient (Wildman–Crippen LogP) is 2.86. The summed E-state index contributed by atoms with van der Waals surface area (Å²) >= 11 is 0. The third-order valence-corrected chi connectivity index (χ3v) is 4.28. The fourth-order valence-electron chi connectivity index (χ4n) is 3.06. The zero-order valence-corrected chi connectivity index (χ0v) is 12.3. The normalized spacial score (nSPS) is 16.0. The Morgan fingerprint density at radius 2 is 2.05 bits per heavy atom. The zero-order chi connectivity index (χ0) is 14.8. The summed E-state index contributed by atoms with van der Waals surface area (Å²) in [4.78, 5) is 4.32. The summed E-state index contributed by atoms with van der Waals surface area (Å²) in [5, 5.41) is 12.5. The number of anilines is 1. The van der Waals surface area contributed by atoms with Crippen LogP contribution in [-0.4, -0.2) is 20.5 Å². The summed E-state index contributed by atoms with van der Waals surface area (Å²) in [6.45, 7) is 0. The maximum absolute atomic E-state index is 8.36. The number of nitrogens with one attached hydrogen (secondary N) is 1. The number of pyridine rings is 1. The molecular formula is C16H21N5. The highest BCUT2D eigenvalue weighted by Crippen LogP contribution is 2.33. The van der Waals surface area contributed by atoms with Crippen molar-refractivity contribution in [1.29, 1.82) is 5.41 Å². The van der Waals surface area contributed by atoms with Crippen LogP contribution >= 0.6 is 0 Å². The van der Waals surface area contributed by atoms with Crippen molar-refractivity contribution in [3.8, 4) is 0 Å². The molecule has 1 saturated carbocycles. The van der Waals surface area contributed by atoms with Crippen LogP contribution in [0, 0.1) is 5.41 Å². The van der Waals surface area contributed by atoms with Crippen molar-refractivity contribution in [3.05, 3.63) is 41.3 Å². The van der Waals surface area contributed by atoms with E-state index in [1.807, 2.05) is 25.5 Å². The van der Waals surface area contributed by atoms with Crippen LogP contribution in [-0.2, 0) is 7.05 Å². The molecule has 2 aromatic heterocycles. The fraction of sp³-hybridized carbons (Fsp3) is 0.438. The van der Waals surface area contributed by atoms with Crippen LogP contribution < -0.4 is 5.73 Å². The van der Waals surface area contributed by atoms with E-state index in [9.17, 15) is 0 Å². The minimum Gasteiger partial charge on any atom is -0.383 e. The monoisotopic (exact) mass is 283 g/mol. The van der Waals surface area contributed by atoms with Gasteiger partial charge in [-0.3, -0.25) is 10.1 Å². The molecule has 1 aliphatic rings. The van der Waals surface area contributed by atoms with Crippen molar-refractivity contribution in [1.82, 2.24) is 14.8 Å². The molecule has 0 bridgehead atoms. The Balaban J connectivity index is 1.92. The Morgan fingerprint density at radius 3 is 2.71 bits per heavy atom. The molecule has 110 valence electrons. The second-order valence-electron chi connectivity index (χ2n) is 5.81. The quantitative estimate of drug-likeness (QED) is 0.850. The van der Waals surface area contributed by atoms with Gasteiger partial charge in [0.25, 0.3) is 0 Å². The molecule has 3 N–H and O–H groups in total. The van der Waals surface area contributed by atoms with E-state index in [0.717, 1.165) is 5.56 Å². The van der Waals surface area contributed by atoms with Gasteiger partial charge in [-0.05, 0) is 30.4 Å².